The van der Waals surface area contributed by atoms with Gasteiger partial charge in [-0.05, 0) is 92.8 Å². The number of amides is 1. The average Bonchev–Trinajstić information content (AvgIpc) is 2.98. The van der Waals surface area contributed by atoms with Crippen molar-refractivity contribution in [2.75, 3.05) is 6.61 Å². The highest BCUT2D eigenvalue weighted by molar-refractivity contribution is 7.89. The van der Waals surface area contributed by atoms with Gasteiger partial charge in [0.25, 0.3) is 0 Å². The molecular weight excluding hydrogens is 574 g/mol. The fraction of sp³-hybridized carbons (Fsp3) is 0.257. The molecule has 2 N–H and O–H groups in total. The van der Waals surface area contributed by atoms with Crippen molar-refractivity contribution >= 4 is 22.1 Å². The molecule has 0 aromatic heterocycles. The van der Waals surface area contributed by atoms with Crippen molar-refractivity contribution in [3.05, 3.63) is 124 Å². The summed E-state index contributed by atoms with van der Waals surface area (Å²) in [7, 11) is -3.87. The molecule has 1 atom stereocenters. The minimum atomic E-state index is -3.87. The molecule has 0 spiro atoms. The zero-order chi connectivity index (χ0) is 31.7. The van der Waals surface area contributed by atoms with E-state index in [4.69, 9.17) is 9.47 Å². The first-order chi connectivity index (χ1) is 21.1. The number of rotatable bonds is 13. The second kappa shape index (κ2) is 14.8. The van der Waals surface area contributed by atoms with Crippen LogP contribution in [-0.2, 0) is 21.4 Å². The molecule has 0 saturated carbocycles. The zero-order valence-corrected chi connectivity index (χ0v) is 26.6. The van der Waals surface area contributed by atoms with Crippen LogP contribution in [0.15, 0.2) is 94.9 Å². The standard InChI is InChI=1S/C35H39N3O5S/c1-6-42-34-20-28(14-17-33(34)43-23-31-26(4)18-25(3)19-27(31)5)22-36-37-35(39)21-32(29-10-8-7-9-11-29)38-44(40,41)30-15-12-24(2)13-16-30/h7-20,22,32,38H,6,21,23H2,1-5H3,(H,37,39)/b36-22-/t32-/m0/s1. The highest BCUT2D eigenvalue weighted by Crippen LogP contribution is 2.30. The maximum atomic E-state index is 13.1. The van der Waals surface area contributed by atoms with E-state index in [1.54, 1.807) is 54.6 Å². The monoisotopic (exact) mass is 613 g/mol. The number of aryl methyl sites for hydroxylation is 4. The molecule has 0 aliphatic carbocycles. The van der Waals surface area contributed by atoms with Gasteiger partial charge in [0.2, 0.25) is 15.9 Å². The third kappa shape index (κ3) is 8.78. The van der Waals surface area contributed by atoms with Crippen LogP contribution >= 0.6 is 0 Å². The van der Waals surface area contributed by atoms with Crippen LogP contribution in [0.4, 0.5) is 0 Å². The summed E-state index contributed by atoms with van der Waals surface area (Å²) in [4.78, 5) is 13.0. The molecule has 8 nitrogen and oxygen atoms in total. The van der Waals surface area contributed by atoms with Gasteiger partial charge in [-0.15, -0.1) is 0 Å². The van der Waals surface area contributed by atoms with Gasteiger partial charge >= 0.3 is 0 Å². The predicted octanol–water partition coefficient (Wildman–Crippen LogP) is 6.46. The lowest BCUT2D eigenvalue weighted by Gasteiger charge is -2.18. The first kappa shape index (κ1) is 32.4. The lowest BCUT2D eigenvalue weighted by molar-refractivity contribution is -0.121. The summed E-state index contributed by atoms with van der Waals surface area (Å²) in [5.74, 6) is 0.731. The van der Waals surface area contributed by atoms with Crippen LogP contribution in [0.2, 0.25) is 0 Å². The predicted molar refractivity (Wildman–Crippen MR) is 174 cm³/mol. The van der Waals surface area contributed by atoms with E-state index in [-0.39, 0.29) is 11.3 Å². The van der Waals surface area contributed by atoms with Crippen LogP contribution in [0.25, 0.3) is 0 Å². The van der Waals surface area contributed by atoms with Gasteiger partial charge in [-0.1, -0.05) is 65.7 Å². The minimum Gasteiger partial charge on any atom is -0.490 e. The van der Waals surface area contributed by atoms with E-state index in [1.807, 2.05) is 32.0 Å². The Kier molecular flexibility index (Phi) is 10.9. The van der Waals surface area contributed by atoms with Gasteiger partial charge < -0.3 is 9.47 Å². The quantitative estimate of drug-likeness (QED) is 0.133. The Bertz CT molecular complexity index is 1700. The maximum Gasteiger partial charge on any atom is 0.242 e. The van der Waals surface area contributed by atoms with Crippen LogP contribution in [0.3, 0.4) is 0 Å². The molecule has 0 fully saturated rings. The Morgan fingerprint density at radius 1 is 0.841 bits per heavy atom. The highest BCUT2D eigenvalue weighted by Gasteiger charge is 2.23. The van der Waals surface area contributed by atoms with Crippen molar-refractivity contribution < 1.29 is 22.7 Å². The number of hydrogen-bond donors (Lipinski definition) is 2. The molecule has 0 saturated heterocycles. The van der Waals surface area contributed by atoms with Crippen LogP contribution in [-0.4, -0.2) is 27.1 Å². The maximum absolute atomic E-state index is 13.1. The minimum absolute atomic E-state index is 0.129. The van der Waals surface area contributed by atoms with Crippen LogP contribution in [0.5, 0.6) is 11.5 Å². The molecule has 9 heteroatoms. The van der Waals surface area contributed by atoms with Gasteiger partial charge in [0.1, 0.15) is 6.61 Å². The first-order valence-corrected chi connectivity index (χ1v) is 16.0. The molecule has 4 aromatic carbocycles. The van der Waals surface area contributed by atoms with E-state index in [2.05, 4.69) is 48.2 Å². The molecule has 4 rings (SSSR count). The van der Waals surface area contributed by atoms with Gasteiger partial charge in [-0.3, -0.25) is 4.79 Å². The van der Waals surface area contributed by atoms with Crippen molar-refractivity contribution in [2.45, 2.75) is 58.6 Å². The average molecular weight is 614 g/mol. The number of nitrogens with one attached hydrogen (secondary N) is 2. The summed E-state index contributed by atoms with van der Waals surface area (Å²) in [6, 6.07) is 24.5. The summed E-state index contributed by atoms with van der Waals surface area (Å²) in [6.45, 7) is 10.9. The van der Waals surface area contributed by atoms with Crippen LogP contribution in [0.1, 0.15) is 58.3 Å². The lowest BCUT2D eigenvalue weighted by atomic mass is 10.0. The molecule has 0 radical (unpaired) electrons. The molecule has 0 heterocycles. The van der Waals surface area contributed by atoms with Crippen molar-refractivity contribution in [2.24, 2.45) is 5.10 Å². The normalized spacial score (nSPS) is 12.2. The Balaban J connectivity index is 1.43. The van der Waals surface area contributed by atoms with E-state index >= 15 is 0 Å². The van der Waals surface area contributed by atoms with Gasteiger partial charge in [0, 0.05) is 6.42 Å². The second-order valence-electron chi connectivity index (χ2n) is 10.7. The Hall–Kier alpha value is -4.47. The fourth-order valence-electron chi connectivity index (χ4n) is 4.88. The molecule has 230 valence electrons. The van der Waals surface area contributed by atoms with Crippen molar-refractivity contribution in [3.63, 3.8) is 0 Å². The summed E-state index contributed by atoms with van der Waals surface area (Å²) in [5, 5.41) is 4.11. The van der Waals surface area contributed by atoms with E-state index in [1.165, 1.54) is 22.9 Å². The SMILES string of the molecule is CCOc1cc(/C=N\NC(=O)C[C@H](NS(=O)(=O)c2ccc(C)cc2)c2ccccc2)ccc1OCc1c(C)cc(C)cc1C. The van der Waals surface area contributed by atoms with Crippen LogP contribution in [0, 0.1) is 27.7 Å². The number of benzene rings is 4. The third-order valence-corrected chi connectivity index (χ3v) is 8.59. The Morgan fingerprint density at radius 2 is 1.52 bits per heavy atom. The number of nitrogens with zero attached hydrogens (tertiary/aromatic N) is 1. The third-order valence-electron chi connectivity index (χ3n) is 7.10. The molecular formula is C35H39N3O5S. The lowest BCUT2D eigenvalue weighted by Crippen LogP contribution is -2.32. The number of hydrogen-bond acceptors (Lipinski definition) is 6. The van der Waals surface area contributed by atoms with Crippen molar-refractivity contribution in [1.29, 1.82) is 0 Å². The van der Waals surface area contributed by atoms with E-state index < -0.39 is 22.0 Å². The Morgan fingerprint density at radius 3 is 2.18 bits per heavy atom. The first-order valence-electron chi connectivity index (χ1n) is 14.5. The molecule has 44 heavy (non-hydrogen) atoms. The number of hydrazone groups is 1. The molecule has 0 unspecified atom stereocenters. The largest absolute Gasteiger partial charge is 0.490 e. The molecule has 0 aliphatic heterocycles. The summed E-state index contributed by atoms with van der Waals surface area (Å²) in [6.07, 6.45) is 1.35. The van der Waals surface area contributed by atoms with Gasteiger partial charge in [-0.2, -0.15) is 5.10 Å². The zero-order valence-electron chi connectivity index (χ0n) is 25.8. The topological polar surface area (TPSA) is 106 Å². The summed E-state index contributed by atoms with van der Waals surface area (Å²) in [5.41, 5.74) is 9.54. The smallest absolute Gasteiger partial charge is 0.242 e. The van der Waals surface area contributed by atoms with E-state index in [0.717, 1.165) is 11.1 Å². The number of carbonyl (C=O) groups excluding carboxylic acids is 1. The van der Waals surface area contributed by atoms with Crippen LogP contribution < -0.4 is 19.6 Å². The Labute approximate surface area is 260 Å². The van der Waals surface area contributed by atoms with Gasteiger partial charge in [0.15, 0.2) is 11.5 Å². The highest BCUT2D eigenvalue weighted by atomic mass is 32.2. The molecule has 0 aliphatic rings. The fourth-order valence-corrected chi connectivity index (χ4v) is 6.10. The van der Waals surface area contributed by atoms with Crippen molar-refractivity contribution in [1.82, 2.24) is 10.1 Å². The van der Waals surface area contributed by atoms with Crippen molar-refractivity contribution in [3.8, 4) is 11.5 Å². The van der Waals surface area contributed by atoms with E-state index in [9.17, 15) is 13.2 Å². The van der Waals surface area contributed by atoms with E-state index in [0.29, 0.717) is 35.8 Å². The second-order valence-corrected chi connectivity index (χ2v) is 12.4. The van der Waals surface area contributed by atoms with Gasteiger partial charge in [0.05, 0.1) is 23.8 Å². The number of ether oxygens (including phenoxy) is 2. The summed E-state index contributed by atoms with van der Waals surface area (Å²) >= 11 is 0. The number of carbonyl (C=O) groups is 1. The molecule has 0 bridgehead atoms. The summed E-state index contributed by atoms with van der Waals surface area (Å²) < 4.78 is 40.8. The molecule has 1 amide bonds. The number of sulfonamides is 1. The molecule has 4 aromatic rings. The van der Waals surface area contributed by atoms with Gasteiger partial charge in [-0.25, -0.2) is 18.6 Å².